The zero-order valence-electron chi connectivity index (χ0n) is 9.52. The molecule has 98 valence electrons. The number of rotatable bonds is 3. The molecule has 0 unspecified atom stereocenters. The summed E-state index contributed by atoms with van der Waals surface area (Å²) in [6.07, 6.45) is 2.93. The van der Waals surface area contributed by atoms with Crippen molar-refractivity contribution in [2.24, 2.45) is 11.1 Å². The summed E-state index contributed by atoms with van der Waals surface area (Å²) in [6, 6.07) is 4.44. The van der Waals surface area contributed by atoms with E-state index < -0.39 is 10.0 Å². The first-order valence-electron chi connectivity index (χ1n) is 5.51. The first-order chi connectivity index (χ1) is 8.38. The van der Waals surface area contributed by atoms with Crippen LogP contribution in [0.15, 0.2) is 27.6 Å². The summed E-state index contributed by atoms with van der Waals surface area (Å²) in [5, 5.41) is 7.80. The van der Waals surface area contributed by atoms with Gasteiger partial charge in [0, 0.05) is 16.1 Å². The minimum absolute atomic E-state index is 0.00384. The highest BCUT2D eigenvalue weighted by Gasteiger charge is 2.25. The lowest BCUT2D eigenvalue weighted by Gasteiger charge is -2.24. The van der Waals surface area contributed by atoms with Crippen molar-refractivity contribution in [1.82, 2.24) is 0 Å². The fourth-order valence-electron chi connectivity index (χ4n) is 1.72. The molecule has 1 aromatic carbocycles. The molecule has 18 heavy (non-hydrogen) atoms. The standard InChI is InChI=1S/C11H13BrN2O3S/c12-9-6-8(4-5-10(9)18(13,16)17)14-11(15)7-2-1-3-7/h4-7H,1-3H2,(H,14,15)(H2,13,16,17). The maximum absolute atomic E-state index is 11.7. The van der Waals surface area contributed by atoms with Gasteiger partial charge in [0.25, 0.3) is 0 Å². The number of carbonyl (C=O) groups excluding carboxylic acids is 1. The predicted octanol–water partition coefficient (Wildman–Crippen LogP) is 1.84. The van der Waals surface area contributed by atoms with Gasteiger partial charge < -0.3 is 5.32 Å². The van der Waals surface area contributed by atoms with Crippen LogP contribution in [0.4, 0.5) is 5.69 Å². The quantitative estimate of drug-likeness (QED) is 0.884. The molecule has 1 fully saturated rings. The second-order valence-electron chi connectivity index (χ2n) is 4.31. The molecule has 0 saturated heterocycles. The first kappa shape index (κ1) is 13.5. The molecular formula is C11H13BrN2O3S. The van der Waals surface area contributed by atoms with Crippen molar-refractivity contribution in [1.29, 1.82) is 0 Å². The van der Waals surface area contributed by atoms with Crippen LogP contribution in [0.2, 0.25) is 0 Å². The number of benzene rings is 1. The summed E-state index contributed by atoms with van der Waals surface area (Å²) in [5.41, 5.74) is 0.561. The van der Waals surface area contributed by atoms with Crippen molar-refractivity contribution in [2.45, 2.75) is 24.2 Å². The van der Waals surface area contributed by atoms with Gasteiger partial charge in [-0.1, -0.05) is 6.42 Å². The van der Waals surface area contributed by atoms with E-state index in [1.165, 1.54) is 18.2 Å². The van der Waals surface area contributed by atoms with E-state index in [2.05, 4.69) is 21.2 Å². The second kappa shape index (κ2) is 4.99. The summed E-state index contributed by atoms with van der Waals surface area (Å²) >= 11 is 3.13. The topological polar surface area (TPSA) is 89.3 Å². The third-order valence-electron chi connectivity index (χ3n) is 2.98. The molecule has 0 radical (unpaired) electrons. The van der Waals surface area contributed by atoms with Gasteiger partial charge in [-0.2, -0.15) is 0 Å². The van der Waals surface area contributed by atoms with Crippen molar-refractivity contribution in [3.63, 3.8) is 0 Å². The third-order valence-corrected chi connectivity index (χ3v) is 4.87. The molecule has 1 aliphatic rings. The minimum atomic E-state index is -3.75. The zero-order chi connectivity index (χ0) is 13.3. The van der Waals surface area contributed by atoms with Crippen LogP contribution in [0.1, 0.15) is 19.3 Å². The van der Waals surface area contributed by atoms with Crippen molar-refractivity contribution in [3.05, 3.63) is 22.7 Å². The van der Waals surface area contributed by atoms with Crippen LogP contribution in [0, 0.1) is 5.92 Å². The Morgan fingerprint density at radius 1 is 1.39 bits per heavy atom. The average molecular weight is 333 g/mol. The van der Waals surface area contributed by atoms with Crippen molar-refractivity contribution in [3.8, 4) is 0 Å². The van der Waals surface area contributed by atoms with Crippen molar-refractivity contribution < 1.29 is 13.2 Å². The van der Waals surface area contributed by atoms with E-state index in [-0.39, 0.29) is 16.7 Å². The monoisotopic (exact) mass is 332 g/mol. The molecule has 7 heteroatoms. The maximum Gasteiger partial charge on any atom is 0.239 e. The number of nitrogens with two attached hydrogens (primary N) is 1. The van der Waals surface area contributed by atoms with Crippen LogP contribution in [0.5, 0.6) is 0 Å². The Balaban J connectivity index is 2.16. The van der Waals surface area contributed by atoms with Gasteiger partial charge in [0.05, 0.1) is 4.90 Å². The third kappa shape index (κ3) is 2.90. The minimum Gasteiger partial charge on any atom is -0.326 e. The molecule has 5 nitrogen and oxygen atoms in total. The zero-order valence-corrected chi connectivity index (χ0v) is 11.9. The van der Waals surface area contributed by atoms with E-state index in [1.807, 2.05) is 0 Å². The Bertz CT molecular complexity index is 582. The summed E-state index contributed by atoms with van der Waals surface area (Å²) in [7, 11) is -3.75. The van der Waals surface area contributed by atoms with Gasteiger partial charge >= 0.3 is 0 Å². The van der Waals surface area contributed by atoms with Crippen LogP contribution < -0.4 is 10.5 Å². The van der Waals surface area contributed by atoms with Crippen LogP contribution in [0.3, 0.4) is 0 Å². The Morgan fingerprint density at radius 2 is 2.06 bits per heavy atom. The lowest BCUT2D eigenvalue weighted by Crippen LogP contribution is -2.28. The average Bonchev–Trinajstić information content (AvgIpc) is 2.11. The second-order valence-corrected chi connectivity index (χ2v) is 6.69. The molecule has 1 aliphatic carbocycles. The number of nitrogens with one attached hydrogen (secondary N) is 1. The number of amides is 1. The fourth-order valence-corrected chi connectivity index (χ4v) is 3.37. The highest BCUT2D eigenvalue weighted by Crippen LogP contribution is 2.29. The van der Waals surface area contributed by atoms with E-state index in [1.54, 1.807) is 0 Å². The number of hydrogen-bond donors (Lipinski definition) is 2. The molecule has 0 atom stereocenters. The first-order valence-corrected chi connectivity index (χ1v) is 7.85. The summed E-state index contributed by atoms with van der Waals surface area (Å²) in [4.78, 5) is 11.7. The molecule has 3 N–H and O–H groups in total. The summed E-state index contributed by atoms with van der Waals surface area (Å²) in [6.45, 7) is 0. The van der Waals surface area contributed by atoms with Crippen molar-refractivity contribution in [2.75, 3.05) is 5.32 Å². The number of sulfonamides is 1. The molecule has 0 bridgehead atoms. The summed E-state index contributed by atoms with van der Waals surface area (Å²) in [5.74, 6) is 0.0678. The number of carbonyl (C=O) groups is 1. The molecule has 1 aromatic rings. The Hall–Kier alpha value is -0.920. The molecule has 1 saturated carbocycles. The number of hydrogen-bond acceptors (Lipinski definition) is 3. The molecule has 0 heterocycles. The van der Waals surface area contributed by atoms with Gasteiger partial charge in [0.15, 0.2) is 0 Å². The predicted molar refractivity (Wildman–Crippen MR) is 71.5 cm³/mol. The van der Waals surface area contributed by atoms with E-state index in [4.69, 9.17) is 5.14 Å². The lowest BCUT2D eigenvalue weighted by molar-refractivity contribution is -0.122. The van der Waals surface area contributed by atoms with Crippen molar-refractivity contribution >= 4 is 37.5 Å². The highest BCUT2D eigenvalue weighted by atomic mass is 79.9. The smallest absolute Gasteiger partial charge is 0.239 e. The Kier molecular flexibility index (Phi) is 3.74. The SMILES string of the molecule is NS(=O)(=O)c1ccc(NC(=O)C2CCC2)cc1Br. The van der Waals surface area contributed by atoms with Crippen LogP contribution in [0.25, 0.3) is 0 Å². The van der Waals surface area contributed by atoms with Gasteiger partial charge in [0.1, 0.15) is 0 Å². The molecule has 2 rings (SSSR count). The van der Waals surface area contributed by atoms with Gasteiger partial charge in [-0.3, -0.25) is 4.79 Å². The number of halogens is 1. The van der Waals surface area contributed by atoms with Crippen LogP contribution in [-0.4, -0.2) is 14.3 Å². The Morgan fingerprint density at radius 3 is 2.50 bits per heavy atom. The lowest BCUT2D eigenvalue weighted by atomic mass is 9.85. The number of anilines is 1. The van der Waals surface area contributed by atoms with Gasteiger partial charge in [-0.05, 0) is 47.0 Å². The van der Waals surface area contributed by atoms with E-state index in [0.29, 0.717) is 10.2 Å². The normalized spacial score (nSPS) is 16.1. The fraction of sp³-hybridized carbons (Fsp3) is 0.364. The van der Waals surface area contributed by atoms with Gasteiger partial charge in [-0.15, -0.1) is 0 Å². The highest BCUT2D eigenvalue weighted by molar-refractivity contribution is 9.10. The molecule has 1 amide bonds. The summed E-state index contributed by atoms with van der Waals surface area (Å²) < 4.78 is 22.8. The van der Waals surface area contributed by atoms with E-state index in [0.717, 1.165) is 19.3 Å². The molecular weight excluding hydrogens is 320 g/mol. The van der Waals surface area contributed by atoms with Gasteiger partial charge in [-0.25, -0.2) is 13.6 Å². The van der Waals surface area contributed by atoms with Crippen LogP contribution >= 0.6 is 15.9 Å². The van der Waals surface area contributed by atoms with E-state index in [9.17, 15) is 13.2 Å². The molecule has 0 aliphatic heterocycles. The van der Waals surface area contributed by atoms with Crippen LogP contribution in [-0.2, 0) is 14.8 Å². The Labute approximate surface area is 114 Å². The molecule has 0 aromatic heterocycles. The number of primary sulfonamides is 1. The molecule has 0 spiro atoms. The maximum atomic E-state index is 11.7. The van der Waals surface area contributed by atoms with Gasteiger partial charge in [0.2, 0.25) is 15.9 Å². The largest absolute Gasteiger partial charge is 0.326 e. The van der Waals surface area contributed by atoms with E-state index >= 15 is 0 Å².